The number of halogens is 4. The highest BCUT2D eigenvalue weighted by atomic mass is 19.3. The van der Waals surface area contributed by atoms with Gasteiger partial charge in [-0.05, 0) is 93.7 Å². The summed E-state index contributed by atoms with van der Waals surface area (Å²) in [6.45, 7) is 7.20. The number of carboxylic acids is 3. The molecule has 0 unspecified atom stereocenters. The van der Waals surface area contributed by atoms with Gasteiger partial charge in [0, 0.05) is 212 Å². The summed E-state index contributed by atoms with van der Waals surface area (Å²) in [7, 11) is 3.85. The summed E-state index contributed by atoms with van der Waals surface area (Å²) in [5.74, 6) is -14.6. The second kappa shape index (κ2) is 58.4. The van der Waals surface area contributed by atoms with Crippen molar-refractivity contribution in [1.82, 2.24) is 90.9 Å². The predicted octanol–water partition coefficient (Wildman–Crippen LogP) is -1.24. The number of hydrogen-bond donors (Lipinski definition) is 9. The van der Waals surface area contributed by atoms with E-state index in [1.165, 1.54) is 24.5 Å². The number of piperazine rings is 2. The number of unbranched alkanes of at least 4 members (excludes halogenated alkanes) is 1. The molecule has 9 rings (SSSR count). The van der Waals surface area contributed by atoms with Crippen LogP contribution < -0.4 is 41.7 Å². The van der Waals surface area contributed by atoms with Crippen molar-refractivity contribution < 1.29 is 124 Å². The maximum Gasteiger partial charge on any atom is 0.317 e. The van der Waals surface area contributed by atoms with E-state index in [9.17, 15) is 106 Å². The molecule has 2 aromatic carbocycles. The molecule has 0 bridgehead atoms. The summed E-state index contributed by atoms with van der Waals surface area (Å²) in [5.41, 5.74) is 3.20. The van der Waals surface area contributed by atoms with Gasteiger partial charge in [-0.1, -0.05) is 0 Å². The summed E-state index contributed by atoms with van der Waals surface area (Å²) >= 11 is 0. The normalized spacial score (nSPS) is 17.7. The number of aromatic nitrogens is 2. The van der Waals surface area contributed by atoms with Crippen LogP contribution in [0.1, 0.15) is 78.5 Å². The maximum atomic E-state index is 14.0. The summed E-state index contributed by atoms with van der Waals surface area (Å²) in [6, 6.07) is 13.9. The lowest BCUT2D eigenvalue weighted by Crippen LogP contribution is -2.50. The van der Waals surface area contributed by atoms with Crippen molar-refractivity contribution in [3.63, 3.8) is 0 Å². The molecule has 2 aromatic heterocycles. The topological polar surface area (TPSA) is 522 Å². The number of carbonyl (C=O) groups is 13. The number of carbonyl (C=O) groups excluding carboxylic acids is 10. The van der Waals surface area contributed by atoms with Crippen LogP contribution in [0, 0.1) is 22.7 Å². The number of pyridine rings is 2. The van der Waals surface area contributed by atoms with E-state index in [1.807, 2.05) is 48.2 Å². The average molecular weight is 1970 g/mol. The Morgan fingerprint density at radius 1 is 0.436 bits per heavy atom. The molecule has 7 heterocycles. The number of aliphatic carboxylic acids is 3. The Hall–Kier alpha value is -11.8. The summed E-state index contributed by atoms with van der Waals surface area (Å²) < 4.78 is 89.7. The Labute approximate surface area is 809 Å². The lowest BCUT2D eigenvalue weighted by atomic mass is 10.1. The summed E-state index contributed by atoms with van der Waals surface area (Å²) in [6.07, 6.45) is 3.40. The molecular formula is C92H132F4N22O22. The van der Waals surface area contributed by atoms with Crippen LogP contribution >= 0.6 is 0 Å². The number of ether oxygens (including phenoxy) is 6. The van der Waals surface area contributed by atoms with Crippen molar-refractivity contribution in [3.8, 4) is 12.1 Å². The largest absolute Gasteiger partial charge is 0.480 e. The van der Waals surface area contributed by atoms with Crippen LogP contribution in [0.15, 0.2) is 60.9 Å². The second-order valence-electron chi connectivity index (χ2n) is 34.9. The highest BCUT2D eigenvalue weighted by Gasteiger charge is 2.49. The molecule has 10 amide bonds. The van der Waals surface area contributed by atoms with E-state index in [1.54, 1.807) is 53.7 Å². The number of hydrogen-bond acceptors (Lipinski definition) is 31. The molecule has 0 radical (unpaired) electrons. The van der Waals surface area contributed by atoms with Crippen LogP contribution in [0.25, 0.3) is 21.8 Å². The first-order chi connectivity index (χ1) is 67.2. The number of anilines is 2. The molecular weight excluding hydrogens is 1840 g/mol. The lowest BCUT2D eigenvalue weighted by molar-refractivity contribution is -0.140. The Morgan fingerprint density at radius 2 is 0.807 bits per heavy atom. The summed E-state index contributed by atoms with van der Waals surface area (Å²) in [5, 5.41) is 64.6. The number of nitrogens with one attached hydrogen (secondary N) is 6. The van der Waals surface area contributed by atoms with Crippen LogP contribution in [0.2, 0.25) is 0 Å². The number of rotatable bonds is 56. The molecule has 5 saturated heterocycles. The Morgan fingerprint density at radius 3 is 1.21 bits per heavy atom. The van der Waals surface area contributed by atoms with Crippen LogP contribution in [0.5, 0.6) is 0 Å². The fraction of sp³-hybridized carbons (Fsp3) is 0.641. The monoisotopic (exact) mass is 1970 g/mol. The quantitative estimate of drug-likeness (QED) is 0.0184. The van der Waals surface area contributed by atoms with Gasteiger partial charge in [-0.25, -0.2) is 17.6 Å². The standard InChI is InChI=1S/C92H132F4N22O22/c1-107(67-8-10-75-73(51-67)71(14-17-99-75)88(132)104-57-81(122)117-65-91(93,94)53-69(117)55-97)21-5-23-109-33-37-115(38-34-109)83(124)63-139-49-47-137-45-43-135-41-19-102-78(119)12-13-79(120)106-77(7-3-4-16-101-80(121)59-111-25-27-112(60-85(126)127)29-31-114(62-87(130)131)32-30-113(28-26-111)61-86(128)129)90(134)103-20-42-136-44-46-138-48-50-140-64-84(125)116-39-35-110(36-40-116)24-6-22-108(2)68-9-11-76-74(52-68)72(15-18-100-76)89(133)105-58-82(123)118-66-92(95,96)54-70(118)56-98/h8-11,14-15,17-18,51-52,69-70,77H,3-7,12-13,16,19-50,53-54,57-66H2,1-2H3,(H,101,121)(H,102,119)(H,103,134)(H,104,132)(H,105,133)(H,106,120)(H,126,127)(H,128,129)(H,130,131)/t69-,70-,77-/m0/s1. The average Bonchev–Trinajstić information content (AvgIpc) is 1.12. The van der Waals surface area contributed by atoms with E-state index in [2.05, 4.69) is 51.7 Å². The Bertz CT molecular complexity index is 4820. The van der Waals surface area contributed by atoms with E-state index >= 15 is 0 Å². The molecule has 4 aromatic rings. The third-order valence-electron chi connectivity index (χ3n) is 24.4. The molecule has 5 fully saturated rings. The van der Waals surface area contributed by atoms with Gasteiger partial charge in [0.2, 0.25) is 47.3 Å². The van der Waals surface area contributed by atoms with Gasteiger partial charge in [0.25, 0.3) is 23.7 Å². The lowest BCUT2D eigenvalue weighted by Gasteiger charge is -2.35. The van der Waals surface area contributed by atoms with Crippen molar-refractivity contribution in [3.05, 3.63) is 72.1 Å². The third-order valence-corrected chi connectivity index (χ3v) is 24.4. The second-order valence-corrected chi connectivity index (χ2v) is 34.9. The van der Waals surface area contributed by atoms with Gasteiger partial charge >= 0.3 is 17.9 Å². The van der Waals surface area contributed by atoms with Crippen molar-refractivity contribution >= 4 is 110 Å². The fourth-order valence-corrected chi connectivity index (χ4v) is 16.6. The van der Waals surface area contributed by atoms with Gasteiger partial charge in [-0.3, -0.25) is 102 Å². The number of fused-ring (bicyclic) bond motifs is 2. The molecule has 3 atom stereocenters. The van der Waals surface area contributed by atoms with E-state index in [0.29, 0.717) is 100 Å². The van der Waals surface area contributed by atoms with Crippen molar-refractivity contribution in [2.45, 2.75) is 87.8 Å². The van der Waals surface area contributed by atoms with Crippen LogP contribution in [-0.2, 0) is 81.2 Å². The summed E-state index contributed by atoms with van der Waals surface area (Å²) in [4.78, 5) is 196. The van der Waals surface area contributed by atoms with E-state index < -0.39 is 128 Å². The molecule has 140 heavy (non-hydrogen) atoms. The van der Waals surface area contributed by atoms with Crippen molar-refractivity contribution in [2.24, 2.45) is 0 Å². The molecule has 0 aliphatic carbocycles. The van der Waals surface area contributed by atoms with E-state index in [4.69, 9.17) is 28.4 Å². The van der Waals surface area contributed by atoms with Gasteiger partial charge in [0.05, 0.1) is 153 Å². The number of carboxylic acid groups (broad SMARTS) is 3. The minimum Gasteiger partial charge on any atom is -0.480 e. The maximum absolute atomic E-state index is 14.0. The molecule has 44 nitrogen and oxygen atoms in total. The zero-order valence-corrected chi connectivity index (χ0v) is 79.5. The Kier molecular flexibility index (Phi) is 46.7. The SMILES string of the molecule is CN(CCCN1CCN(C(=O)COCCOCCOCCNC(=O)CCC(=O)N[C@@H](CCCCNC(=O)CN2CCN(CC(=O)O)CCN(CC(=O)O)CCN(CC(=O)O)CC2)C(=O)NCCOCCOCCOCC(=O)N2CCN(CCCN(C)c3ccc4nccc(C(=O)NCC(=O)N5CC(F)(F)C[C@H]5C#N)c4c3)CC2)CC1)c1ccc2nccc(C(=O)NCC(=O)N3CC(F)(F)C[C@H]3C#N)c2c1. The van der Waals surface area contributed by atoms with Gasteiger partial charge in [0.15, 0.2) is 0 Å². The molecule has 9 N–H and O–H groups in total. The highest BCUT2D eigenvalue weighted by Crippen LogP contribution is 2.34. The first kappa shape index (κ1) is 112. The van der Waals surface area contributed by atoms with Crippen molar-refractivity contribution in [2.75, 3.05) is 306 Å². The molecule has 48 heteroatoms. The molecule has 0 spiro atoms. The highest BCUT2D eigenvalue weighted by molar-refractivity contribution is 6.09. The van der Waals surface area contributed by atoms with Gasteiger partial charge in [0.1, 0.15) is 31.3 Å². The molecule has 770 valence electrons. The predicted molar refractivity (Wildman–Crippen MR) is 499 cm³/mol. The first-order valence-corrected chi connectivity index (χ1v) is 47.2. The molecule has 0 saturated carbocycles. The van der Waals surface area contributed by atoms with Crippen LogP contribution in [0.3, 0.4) is 0 Å². The first-order valence-electron chi connectivity index (χ1n) is 47.2. The van der Waals surface area contributed by atoms with Gasteiger partial charge in [-0.15, -0.1) is 0 Å². The van der Waals surface area contributed by atoms with Gasteiger partial charge in [-0.2, -0.15) is 10.5 Å². The fourth-order valence-electron chi connectivity index (χ4n) is 16.6. The number of likely N-dealkylation sites (tertiary alicyclic amines) is 2. The molecule has 5 aliphatic rings. The van der Waals surface area contributed by atoms with E-state index in [-0.39, 0.29) is 226 Å². The number of amides is 10. The number of nitrogens with zero attached hydrogens (tertiary/aromatic N) is 16. The smallest absolute Gasteiger partial charge is 0.317 e. The number of alkyl halides is 4. The van der Waals surface area contributed by atoms with Crippen LogP contribution in [-0.4, -0.2) is 478 Å². The Balaban J connectivity index is 0.616. The minimum atomic E-state index is -3.19. The van der Waals surface area contributed by atoms with Gasteiger partial charge < -0.3 is 105 Å². The zero-order valence-electron chi connectivity index (χ0n) is 79.5. The zero-order chi connectivity index (χ0) is 101. The van der Waals surface area contributed by atoms with E-state index in [0.717, 1.165) is 47.1 Å². The third kappa shape index (κ3) is 39.0. The van der Waals surface area contributed by atoms with Crippen molar-refractivity contribution in [1.29, 1.82) is 10.5 Å². The number of benzene rings is 2. The number of nitriles is 2. The minimum absolute atomic E-state index is 0.0578. The van der Waals surface area contributed by atoms with Crippen LogP contribution in [0.4, 0.5) is 28.9 Å². The molecule has 5 aliphatic heterocycles.